The van der Waals surface area contributed by atoms with Crippen molar-refractivity contribution >= 4 is 5.96 Å². The summed E-state index contributed by atoms with van der Waals surface area (Å²) >= 11 is 0. The molecule has 0 fully saturated rings. The number of aliphatic imine (C=N–C) groups is 1. The molecule has 0 aliphatic rings. The third-order valence-electron chi connectivity index (χ3n) is 3.63. The molecule has 1 aromatic carbocycles. The number of H-pyrrole nitrogens is 1. The molecule has 0 radical (unpaired) electrons. The summed E-state index contributed by atoms with van der Waals surface area (Å²) in [5, 5.41) is 13.5. The molecule has 142 valence electrons. The molecule has 2 aromatic heterocycles. The molecule has 0 amide bonds. The summed E-state index contributed by atoms with van der Waals surface area (Å²) in [6, 6.07) is 13.4. The maximum Gasteiger partial charge on any atom is 0.216 e. The Hall–Kier alpha value is -3.29. The van der Waals surface area contributed by atoms with Gasteiger partial charge in [0.05, 0.1) is 12.9 Å². The van der Waals surface area contributed by atoms with Gasteiger partial charge in [-0.3, -0.25) is 5.10 Å². The van der Waals surface area contributed by atoms with E-state index in [-0.39, 0.29) is 0 Å². The lowest BCUT2D eigenvalue weighted by Gasteiger charge is -2.11. The van der Waals surface area contributed by atoms with Gasteiger partial charge in [0.1, 0.15) is 18.1 Å². The molecule has 27 heavy (non-hydrogen) atoms. The van der Waals surface area contributed by atoms with Gasteiger partial charge >= 0.3 is 0 Å². The van der Waals surface area contributed by atoms with E-state index in [1.807, 2.05) is 43.3 Å². The van der Waals surface area contributed by atoms with E-state index in [0.717, 1.165) is 31.2 Å². The van der Waals surface area contributed by atoms with Crippen molar-refractivity contribution in [2.24, 2.45) is 4.99 Å². The third-order valence-corrected chi connectivity index (χ3v) is 3.63. The molecule has 3 rings (SSSR count). The van der Waals surface area contributed by atoms with Crippen molar-refractivity contribution in [2.45, 2.75) is 19.9 Å². The standard InChI is InChI=1S/C19H24N6O2/c1-2-20-19(21-11-7-13-26-15-8-4-3-5-9-15)22-14-17-23-18(25-24-17)16-10-6-12-27-16/h3-6,8-10,12H,2,7,11,13-14H2,1H3,(H2,20,21,22)(H,23,24,25). The van der Waals surface area contributed by atoms with Crippen LogP contribution in [0.25, 0.3) is 11.6 Å². The molecule has 8 nitrogen and oxygen atoms in total. The lowest BCUT2D eigenvalue weighted by molar-refractivity contribution is 0.311. The van der Waals surface area contributed by atoms with Crippen LogP contribution in [0.2, 0.25) is 0 Å². The van der Waals surface area contributed by atoms with E-state index >= 15 is 0 Å². The van der Waals surface area contributed by atoms with E-state index < -0.39 is 0 Å². The minimum absolute atomic E-state index is 0.392. The van der Waals surface area contributed by atoms with Gasteiger partial charge in [0.25, 0.3) is 0 Å². The molecule has 0 unspecified atom stereocenters. The Balaban J connectivity index is 1.43. The zero-order valence-corrected chi connectivity index (χ0v) is 15.3. The summed E-state index contributed by atoms with van der Waals surface area (Å²) in [6.07, 6.45) is 2.46. The molecular weight excluding hydrogens is 344 g/mol. The number of benzene rings is 1. The summed E-state index contributed by atoms with van der Waals surface area (Å²) in [5.74, 6) is 3.45. The van der Waals surface area contributed by atoms with Crippen LogP contribution in [0.15, 0.2) is 58.1 Å². The minimum Gasteiger partial charge on any atom is -0.494 e. The molecule has 0 aliphatic heterocycles. The Labute approximate surface area is 158 Å². The zero-order valence-electron chi connectivity index (χ0n) is 15.3. The third kappa shape index (κ3) is 5.88. The van der Waals surface area contributed by atoms with Crippen LogP contribution in [-0.4, -0.2) is 40.8 Å². The fourth-order valence-electron chi connectivity index (χ4n) is 2.36. The molecule has 0 saturated carbocycles. The number of aromatic amines is 1. The number of furan rings is 1. The van der Waals surface area contributed by atoms with Crippen LogP contribution < -0.4 is 15.4 Å². The second-order valence-electron chi connectivity index (χ2n) is 5.72. The molecule has 0 atom stereocenters. The quantitative estimate of drug-likeness (QED) is 0.305. The molecular formula is C19H24N6O2. The van der Waals surface area contributed by atoms with Gasteiger partial charge in [0, 0.05) is 13.1 Å². The Kier molecular flexibility index (Phi) is 6.85. The largest absolute Gasteiger partial charge is 0.494 e. The molecule has 0 saturated heterocycles. The van der Waals surface area contributed by atoms with Crippen LogP contribution in [-0.2, 0) is 6.54 Å². The summed E-state index contributed by atoms with van der Waals surface area (Å²) in [5.41, 5.74) is 0. The Bertz CT molecular complexity index is 814. The number of ether oxygens (including phenoxy) is 1. The van der Waals surface area contributed by atoms with E-state index in [1.165, 1.54) is 0 Å². The summed E-state index contributed by atoms with van der Waals surface area (Å²) in [6.45, 7) is 4.60. The van der Waals surface area contributed by atoms with Gasteiger partial charge in [-0.15, -0.1) is 5.10 Å². The normalized spacial score (nSPS) is 11.4. The number of rotatable bonds is 9. The molecule has 8 heteroatoms. The van der Waals surface area contributed by atoms with Crippen LogP contribution in [0.1, 0.15) is 19.2 Å². The smallest absolute Gasteiger partial charge is 0.216 e. The molecule has 0 spiro atoms. The van der Waals surface area contributed by atoms with Gasteiger partial charge in [0.15, 0.2) is 11.7 Å². The van der Waals surface area contributed by atoms with Crippen molar-refractivity contribution in [1.29, 1.82) is 0 Å². The number of guanidine groups is 1. The predicted octanol–water partition coefficient (Wildman–Crippen LogP) is 2.59. The highest BCUT2D eigenvalue weighted by atomic mass is 16.5. The topological polar surface area (TPSA) is 100 Å². The summed E-state index contributed by atoms with van der Waals surface area (Å²) in [4.78, 5) is 8.91. The number of nitrogens with one attached hydrogen (secondary N) is 3. The Morgan fingerprint density at radius 2 is 2.07 bits per heavy atom. The van der Waals surface area contributed by atoms with Crippen molar-refractivity contribution in [1.82, 2.24) is 25.8 Å². The number of para-hydroxylation sites is 1. The average Bonchev–Trinajstić information content (AvgIpc) is 3.38. The fourth-order valence-corrected chi connectivity index (χ4v) is 2.36. The number of hydrogen-bond acceptors (Lipinski definition) is 5. The minimum atomic E-state index is 0.392. The number of aromatic nitrogens is 3. The lowest BCUT2D eigenvalue weighted by Crippen LogP contribution is -2.38. The van der Waals surface area contributed by atoms with Crippen molar-refractivity contribution in [3.05, 3.63) is 54.6 Å². The first kappa shape index (κ1) is 18.5. The number of nitrogens with zero attached hydrogens (tertiary/aromatic N) is 3. The van der Waals surface area contributed by atoms with Crippen molar-refractivity contribution < 1.29 is 9.15 Å². The molecule has 2 heterocycles. The van der Waals surface area contributed by atoms with E-state index in [1.54, 1.807) is 12.3 Å². The summed E-state index contributed by atoms with van der Waals surface area (Å²) < 4.78 is 11.0. The van der Waals surface area contributed by atoms with E-state index in [2.05, 4.69) is 30.8 Å². The van der Waals surface area contributed by atoms with Crippen LogP contribution in [0.5, 0.6) is 5.75 Å². The van der Waals surface area contributed by atoms with Crippen molar-refractivity contribution in [2.75, 3.05) is 19.7 Å². The number of hydrogen-bond donors (Lipinski definition) is 3. The molecule has 3 aromatic rings. The van der Waals surface area contributed by atoms with E-state index in [9.17, 15) is 0 Å². The van der Waals surface area contributed by atoms with Crippen LogP contribution in [0, 0.1) is 0 Å². The predicted molar refractivity (Wildman–Crippen MR) is 103 cm³/mol. The highest BCUT2D eigenvalue weighted by Crippen LogP contribution is 2.14. The SMILES string of the molecule is CCNC(=NCc1nc(-c2ccco2)n[nH]1)NCCCOc1ccccc1. The van der Waals surface area contributed by atoms with Gasteiger partial charge in [-0.05, 0) is 37.6 Å². The second kappa shape index (κ2) is 10.0. The van der Waals surface area contributed by atoms with Crippen LogP contribution in [0.3, 0.4) is 0 Å². The first-order chi connectivity index (χ1) is 13.3. The molecule has 0 aliphatic carbocycles. The van der Waals surface area contributed by atoms with Gasteiger partial charge in [0.2, 0.25) is 5.82 Å². The Morgan fingerprint density at radius 1 is 1.19 bits per heavy atom. The average molecular weight is 368 g/mol. The zero-order chi connectivity index (χ0) is 18.7. The van der Waals surface area contributed by atoms with E-state index in [0.29, 0.717) is 30.6 Å². The van der Waals surface area contributed by atoms with Crippen molar-refractivity contribution in [3.63, 3.8) is 0 Å². The van der Waals surface area contributed by atoms with Crippen LogP contribution in [0.4, 0.5) is 0 Å². The highest BCUT2D eigenvalue weighted by Gasteiger charge is 2.08. The van der Waals surface area contributed by atoms with Crippen molar-refractivity contribution in [3.8, 4) is 17.3 Å². The molecule has 0 bridgehead atoms. The lowest BCUT2D eigenvalue weighted by atomic mass is 10.3. The van der Waals surface area contributed by atoms with E-state index in [4.69, 9.17) is 9.15 Å². The summed E-state index contributed by atoms with van der Waals surface area (Å²) in [7, 11) is 0. The Morgan fingerprint density at radius 3 is 2.85 bits per heavy atom. The van der Waals surface area contributed by atoms with Gasteiger partial charge in [-0.25, -0.2) is 9.98 Å². The highest BCUT2D eigenvalue weighted by molar-refractivity contribution is 5.79. The van der Waals surface area contributed by atoms with Crippen LogP contribution >= 0.6 is 0 Å². The van der Waals surface area contributed by atoms with Gasteiger partial charge in [-0.1, -0.05) is 18.2 Å². The fraction of sp³-hybridized carbons (Fsp3) is 0.316. The first-order valence-corrected chi connectivity index (χ1v) is 9.00. The van der Waals surface area contributed by atoms with Gasteiger partial charge in [-0.2, -0.15) is 0 Å². The first-order valence-electron chi connectivity index (χ1n) is 9.00. The maximum atomic E-state index is 5.68. The maximum absolute atomic E-state index is 5.68. The monoisotopic (exact) mass is 368 g/mol. The second-order valence-corrected chi connectivity index (χ2v) is 5.72. The molecule has 3 N–H and O–H groups in total. The van der Waals surface area contributed by atoms with Gasteiger partial charge < -0.3 is 19.8 Å².